The van der Waals surface area contributed by atoms with E-state index < -0.39 is 0 Å². The molecule has 20 heavy (non-hydrogen) atoms. The largest absolute Gasteiger partial charge is 0.343 e. The van der Waals surface area contributed by atoms with E-state index in [4.69, 9.17) is 0 Å². The average Bonchev–Trinajstić information content (AvgIpc) is 2.80. The minimum atomic E-state index is -0.0652. The summed E-state index contributed by atoms with van der Waals surface area (Å²) in [5.41, 5.74) is 3.67. The smallest absolute Gasteiger partial charge is 0.175 e. The average molecular weight is 266 g/mol. The first-order valence-corrected chi connectivity index (χ1v) is 7.04. The lowest BCUT2D eigenvalue weighted by Crippen LogP contribution is -2.33. The Bertz CT molecular complexity index is 649. The molecule has 0 N–H and O–H groups in total. The number of Topliss-reactive ketones (excluding diaryl/α,β-unsaturated/α-hetero) is 1. The van der Waals surface area contributed by atoms with E-state index in [1.807, 2.05) is 12.1 Å². The minimum absolute atomic E-state index is 0.0110. The van der Waals surface area contributed by atoms with Gasteiger partial charge in [0.05, 0.1) is 0 Å². The molecule has 3 rings (SSSR count). The van der Waals surface area contributed by atoms with Crippen molar-refractivity contribution in [2.24, 2.45) is 5.41 Å². The van der Waals surface area contributed by atoms with Gasteiger partial charge >= 0.3 is 0 Å². The molecule has 0 atom stereocenters. The number of hydrogen-bond donors (Lipinski definition) is 0. The van der Waals surface area contributed by atoms with Crippen LogP contribution < -0.4 is 4.90 Å². The maximum Gasteiger partial charge on any atom is 0.175 e. The van der Waals surface area contributed by atoms with Crippen LogP contribution in [-0.2, 0) is 11.2 Å². The van der Waals surface area contributed by atoms with Crippen LogP contribution in [0.25, 0.3) is 0 Å². The summed E-state index contributed by atoms with van der Waals surface area (Å²) in [6.07, 6.45) is 2.23. The van der Waals surface area contributed by atoms with Crippen LogP contribution in [0.3, 0.4) is 0 Å². The second-order valence-corrected chi connectivity index (χ2v) is 6.40. The third-order valence-electron chi connectivity index (χ3n) is 4.18. The number of nitriles is 1. The van der Waals surface area contributed by atoms with E-state index in [2.05, 4.69) is 36.9 Å². The molecule has 0 fully saturated rings. The molecule has 1 aromatic rings. The Kier molecular flexibility index (Phi) is 2.90. The number of allylic oxidation sites excluding steroid dienone is 2. The summed E-state index contributed by atoms with van der Waals surface area (Å²) in [5, 5.41) is 9.36. The normalized spacial score (nSPS) is 20.9. The second kappa shape index (κ2) is 4.49. The highest BCUT2D eigenvalue weighted by atomic mass is 16.1. The van der Waals surface area contributed by atoms with Crippen molar-refractivity contribution in [3.63, 3.8) is 0 Å². The lowest BCUT2D eigenvalue weighted by molar-refractivity contribution is -0.117. The zero-order valence-corrected chi connectivity index (χ0v) is 11.9. The van der Waals surface area contributed by atoms with E-state index in [9.17, 15) is 10.1 Å². The fourth-order valence-electron chi connectivity index (χ4n) is 3.26. The number of rotatable bonds is 1. The monoisotopic (exact) mass is 266 g/mol. The predicted molar refractivity (Wildman–Crippen MR) is 78.2 cm³/mol. The number of ketones is 1. The summed E-state index contributed by atoms with van der Waals surface area (Å²) >= 11 is 0. The van der Waals surface area contributed by atoms with Gasteiger partial charge in [-0.3, -0.25) is 4.79 Å². The Morgan fingerprint density at radius 2 is 2.00 bits per heavy atom. The topological polar surface area (TPSA) is 44.1 Å². The number of fused-ring (bicyclic) bond motifs is 1. The van der Waals surface area contributed by atoms with Gasteiger partial charge in [0.15, 0.2) is 5.78 Å². The molecule has 0 radical (unpaired) electrons. The fourth-order valence-corrected chi connectivity index (χ4v) is 3.26. The Morgan fingerprint density at radius 3 is 2.75 bits per heavy atom. The van der Waals surface area contributed by atoms with Crippen LogP contribution in [0, 0.1) is 16.7 Å². The van der Waals surface area contributed by atoms with Gasteiger partial charge in [-0.05, 0) is 29.9 Å². The Hall–Kier alpha value is -2.08. The van der Waals surface area contributed by atoms with E-state index in [1.165, 1.54) is 5.56 Å². The molecular formula is C17H18N2O. The Balaban J connectivity index is 2.09. The molecule has 0 spiro atoms. The number of nitrogens with zero attached hydrogens (tertiary/aromatic N) is 2. The molecule has 0 unspecified atom stereocenters. The first kappa shape index (κ1) is 12.9. The highest BCUT2D eigenvalue weighted by Gasteiger charge is 2.37. The number of anilines is 1. The van der Waals surface area contributed by atoms with Gasteiger partial charge < -0.3 is 4.90 Å². The van der Waals surface area contributed by atoms with Gasteiger partial charge in [0.25, 0.3) is 0 Å². The summed E-state index contributed by atoms with van der Waals surface area (Å²) in [4.78, 5) is 14.4. The number of benzene rings is 1. The van der Waals surface area contributed by atoms with Crippen LogP contribution in [0.2, 0.25) is 0 Å². The molecule has 3 nitrogen and oxygen atoms in total. The first-order chi connectivity index (χ1) is 9.52. The van der Waals surface area contributed by atoms with E-state index in [1.54, 1.807) is 0 Å². The van der Waals surface area contributed by atoms with E-state index in [-0.39, 0.29) is 11.2 Å². The summed E-state index contributed by atoms with van der Waals surface area (Å²) in [5.74, 6) is -0.0110. The molecule has 0 saturated carbocycles. The molecule has 0 bridgehead atoms. The van der Waals surface area contributed by atoms with Gasteiger partial charge in [-0.25, -0.2) is 0 Å². The Morgan fingerprint density at radius 1 is 1.25 bits per heavy atom. The van der Waals surface area contributed by atoms with E-state index >= 15 is 0 Å². The maximum atomic E-state index is 12.2. The highest BCUT2D eigenvalue weighted by molar-refractivity contribution is 6.01. The molecule has 0 saturated heterocycles. The lowest BCUT2D eigenvalue weighted by atomic mass is 9.75. The lowest BCUT2D eigenvalue weighted by Gasteiger charge is -2.35. The summed E-state index contributed by atoms with van der Waals surface area (Å²) in [6.45, 7) is 5.06. The van der Waals surface area contributed by atoms with Crippen molar-refractivity contribution in [3.8, 4) is 6.07 Å². The molecule has 102 valence electrons. The molecule has 0 aromatic heterocycles. The van der Waals surface area contributed by atoms with Crippen LogP contribution in [-0.4, -0.2) is 12.3 Å². The molecule has 2 aliphatic rings. The van der Waals surface area contributed by atoms with Gasteiger partial charge in [0.2, 0.25) is 0 Å². The number of carbonyl (C=O) groups is 1. The highest BCUT2D eigenvalue weighted by Crippen LogP contribution is 2.41. The first-order valence-electron chi connectivity index (χ1n) is 7.04. The zero-order valence-electron chi connectivity index (χ0n) is 11.9. The quantitative estimate of drug-likeness (QED) is 0.784. The molecule has 3 heteroatoms. The van der Waals surface area contributed by atoms with Crippen molar-refractivity contribution < 1.29 is 4.79 Å². The van der Waals surface area contributed by atoms with Gasteiger partial charge in [-0.15, -0.1) is 0 Å². The van der Waals surface area contributed by atoms with E-state index in [0.717, 1.165) is 30.8 Å². The zero-order chi connectivity index (χ0) is 14.3. The maximum absolute atomic E-state index is 12.2. The number of para-hydroxylation sites is 1. The number of carbonyl (C=O) groups excluding carboxylic acids is 1. The van der Waals surface area contributed by atoms with Crippen molar-refractivity contribution in [2.75, 3.05) is 11.4 Å². The van der Waals surface area contributed by atoms with Crippen molar-refractivity contribution in [2.45, 2.75) is 33.1 Å². The summed E-state index contributed by atoms with van der Waals surface area (Å²) < 4.78 is 0. The third kappa shape index (κ3) is 2.02. The van der Waals surface area contributed by atoms with Crippen molar-refractivity contribution >= 4 is 11.5 Å². The molecule has 1 heterocycles. The Labute approximate surface area is 119 Å². The van der Waals surface area contributed by atoms with Gasteiger partial charge in [0.1, 0.15) is 11.6 Å². The second-order valence-electron chi connectivity index (χ2n) is 6.40. The molecule has 1 aliphatic heterocycles. The minimum Gasteiger partial charge on any atom is -0.343 e. The summed E-state index contributed by atoms with van der Waals surface area (Å²) in [7, 11) is 0. The summed E-state index contributed by atoms with van der Waals surface area (Å²) in [6, 6.07) is 10.4. The number of hydrogen-bond acceptors (Lipinski definition) is 3. The van der Waals surface area contributed by atoms with Crippen LogP contribution >= 0.6 is 0 Å². The van der Waals surface area contributed by atoms with Crippen LogP contribution in [0.1, 0.15) is 32.3 Å². The standard InChI is InChI=1S/C17H18N2O/c1-17(2)9-15(13(11-18)16(20)10-17)19-8-7-12-5-3-4-6-14(12)19/h3-6H,7-10H2,1-2H3. The molecule has 1 aromatic carbocycles. The molecule has 0 amide bonds. The fraction of sp³-hybridized carbons (Fsp3) is 0.412. The van der Waals surface area contributed by atoms with Gasteiger partial charge in [-0.1, -0.05) is 32.0 Å². The van der Waals surface area contributed by atoms with Crippen LogP contribution in [0.4, 0.5) is 5.69 Å². The third-order valence-corrected chi connectivity index (χ3v) is 4.18. The van der Waals surface area contributed by atoms with Gasteiger partial charge in [-0.2, -0.15) is 5.26 Å². The van der Waals surface area contributed by atoms with Crippen LogP contribution in [0.5, 0.6) is 0 Å². The SMILES string of the molecule is CC1(C)CC(=O)C(C#N)=C(N2CCc3ccccc32)C1. The van der Waals surface area contributed by atoms with Crippen molar-refractivity contribution in [1.29, 1.82) is 5.26 Å². The van der Waals surface area contributed by atoms with Crippen LogP contribution in [0.15, 0.2) is 35.5 Å². The van der Waals surface area contributed by atoms with Crippen molar-refractivity contribution in [3.05, 3.63) is 41.1 Å². The van der Waals surface area contributed by atoms with Crippen molar-refractivity contribution in [1.82, 2.24) is 0 Å². The molecule has 1 aliphatic carbocycles. The predicted octanol–water partition coefficient (Wildman–Crippen LogP) is 3.22. The van der Waals surface area contributed by atoms with E-state index in [0.29, 0.717) is 12.0 Å². The molecular weight excluding hydrogens is 248 g/mol. The van der Waals surface area contributed by atoms with Gasteiger partial charge in [0, 0.05) is 24.4 Å².